The number of hydrogen-bond acceptors (Lipinski definition) is 4. The first-order chi connectivity index (χ1) is 14.1. The molecule has 2 rings (SSSR count). The van der Waals surface area contributed by atoms with Crippen LogP contribution in [0.25, 0.3) is 0 Å². The number of nitrogens with one attached hydrogen (secondary N) is 1. The maximum Gasteiger partial charge on any atom is 0.408 e. The zero-order valence-corrected chi connectivity index (χ0v) is 17.6. The van der Waals surface area contributed by atoms with Crippen molar-refractivity contribution in [2.24, 2.45) is 0 Å². The van der Waals surface area contributed by atoms with Crippen molar-refractivity contribution < 1.29 is 23.5 Å². The van der Waals surface area contributed by atoms with Crippen molar-refractivity contribution in [1.29, 1.82) is 0 Å². The highest BCUT2D eigenvalue weighted by atomic mass is 19.1. The lowest BCUT2D eigenvalue weighted by Crippen LogP contribution is -2.42. The minimum atomic E-state index is -0.740. The Morgan fingerprint density at radius 1 is 1.10 bits per heavy atom. The molecule has 30 heavy (non-hydrogen) atoms. The Labute approximate surface area is 176 Å². The molecule has 0 aliphatic rings. The second kappa shape index (κ2) is 10.4. The Morgan fingerprint density at radius 3 is 2.37 bits per heavy atom. The largest absolute Gasteiger partial charge is 0.489 e. The van der Waals surface area contributed by atoms with Crippen molar-refractivity contribution in [3.05, 3.63) is 65.5 Å². The van der Waals surface area contributed by atoms with E-state index >= 15 is 0 Å². The third-order valence-electron chi connectivity index (χ3n) is 3.93. The van der Waals surface area contributed by atoms with E-state index in [9.17, 15) is 14.0 Å². The quantitative estimate of drug-likeness (QED) is 0.704. The van der Waals surface area contributed by atoms with E-state index in [-0.39, 0.29) is 24.6 Å². The van der Waals surface area contributed by atoms with Gasteiger partial charge in [0, 0.05) is 17.5 Å². The van der Waals surface area contributed by atoms with Crippen LogP contribution >= 0.6 is 0 Å². The van der Waals surface area contributed by atoms with Gasteiger partial charge in [0.25, 0.3) is 0 Å². The van der Waals surface area contributed by atoms with Gasteiger partial charge in [0.15, 0.2) is 5.78 Å². The smallest absolute Gasteiger partial charge is 0.408 e. The second-order valence-electron chi connectivity index (χ2n) is 7.72. The van der Waals surface area contributed by atoms with Crippen LogP contribution in [0.4, 0.5) is 9.18 Å². The van der Waals surface area contributed by atoms with Gasteiger partial charge in [-0.25, -0.2) is 9.18 Å². The van der Waals surface area contributed by atoms with Crippen LogP contribution in [0.5, 0.6) is 5.75 Å². The summed E-state index contributed by atoms with van der Waals surface area (Å²) >= 11 is 0. The molecule has 0 spiro atoms. The van der Waals surface area contributed by atoms with E-state index < -0.39 is 17.7 Å². The third-order valence-corrected chi connectivity index (χ3v) is 3.93. The van der Waals surface area contributed by atoms with Crippen LogP contribution in [0.2, 0.25) is 0 Å². The van der Waals surface area contributed by atoms with Crippen molar-refractivity contribution in [1.82, 2.24) is 5.32 Å². The Kier molecular flexibility index (Phi) is 7.99. The summed E-state index contributed by atoms with van der Waals surface area (Å²) in [6.07, 6.45) is -0.485. The van der Waals surface area contributed by atoms with Crippen LogP contribution in [0.15, 0.2) is 48.5 Å². The van der Waals surface area contributed by atoms with Gasteiger partial charge in [-0.2, -0.15) is 0 Å². The number of benzene rings is 2. The van der Waals surface area contributed by atoms with Crippen molar-refractivity contribution >= 4 is 11.9 Å². The Balaban J connectivity index is 1.91. The van der Waals surface area contributed by atoms with Crippen LogP contribution in [0.3, 0.4) is 0 Å². The lowest BCUT2D eigenvalue weighted by atomic mass is 10.1. The number of alkyl carbamates (subject to hydrolysis) is 1. The average Bonchev–Trinajstić information content (AvgIpc) is 2.66. The molecule has 0 aromatic heterocycles. The van der Waals surface area contributed by atoms with Gasteiger partial charge in [0.2, 0.25) is 0 Å². The van der Waals surface area contributed by atoms with Gasteiger partial charge < -0.3 is 14.8 Å². The van der Waals surface area contributed by atoms with Gasteiger partial charge in [0.1, 0.15) is 29.8 Å². The van der Waals surface area contributed by atoms with Crippen molar-refractivity contribution in [2.45, 2.75) is 52.4 Å². The first-order valence-corrected chi connectivity index (χ1v) is 9.59. The highest BCUT2D eigenvalue weighted by Crippen LogP contribution is 2.15. The first kappa shape index (κ1) is 23.0. The summed E-state index contributed by atoms with van der Waals surface area (Å²) < 4.78 is 24.4. The van der Waals surface area contributed by atoms with Gasteiger partial charge in [-0.15, -0.1) is 0 Å². The fourth-order valence-corrected chi connectivity index (χ4v) is 2.41. The first-order valence-electron chi connectivity index (χ1n) is 9.59. The molecule has 0 bridgehead atoms. The van der Waals surface area contributed by atoms with Crippen LogP contribution in [0, 0.1) is 17.7 Å². The number of amides is 1. The van der Waals surface area contributed by atoms with Gasteiger partial charge in [-0.05, 0) is 58.0 Å². The molecule has 2 aromatic carbocycles. The van der Waals surface area contributed by atoms with E-state index in [1.807, 2.05) is 0 Å². The highest BCUT2D eigenvalue weighted by Gasteiger charge is 2.21. The second-order valence-corrected chi connectivity index (χ2v) is 7.72. The van der Waals surface area contributed by atoms with Gasteiger partial charge >= 0.3 is 6.09 Å². The minimum absolute atomic E-state index is 0.133. The molecule has 1 amide bonds. The van der Waals surface area contributed by atoms with Crippen molar-refractivity contribution in [3.8, 4) is 17.6 Å². The van der Waals surface area contributed by atoms with Crippen molar-refractivity contribution in [2.75, 3.05) is 0 Å². The summed E-state index contributed by atoms with van der Waals surface area (Å²) in [6.45, 7) is 6.77. The normalized spacial score (nSPS) is 11.6. The summed E-state index contributed by atoms with van der Waals surface area (Å²) in [7, 11) is 0. The van der Waals surface area contributed by atoms with Crippen LogP contribution in [-0.4, -0.2) is 23.5 Å². The maximum absolute atomic E-state index is 13.6. The van der Waals surface area contributed by atoms with E-state index in [1.165, 1.54) is 13.0 Å². The number of hydrogen-bond donors (Lipinski definition) is 1. The molecule has 0 unspecified atom stereocenters. The maximum atomic E-state index is 13.6. The Bertz CT molecular complexity index is 936. The molecule has 0 saturated heterocycles. The standard InChI is InChI=1S/C24H26FNO4/c1-17(27)22(26-23(28)30-24(2,3)4)11-7-8-18-12-14-20(15-13-18)29-16-19-9-5-6-10-21(19)25/h5-6,9-10,12-15,22H,11,16H2,1-4H3,(H,26,28)/t22-/m0/s1. The lowest BCUT2D eigenvalue weighted by molar-refractivity contribution is -0.118. The average molecular weight is 411 g/mol. The molecule has 0 saturated carbocycles. The highest BCUT2D eigenvalue weighted by molar-refractivity contribution is 5.85. The SMILES string of the molecule is CC(=O)[C@H](CC#Cc1ccc(OCc2ccccc2F)cc1)NC(=O)OC(C)(C)C. The molecule has 0 radical (unpaired) electrons. The van der Waals surface area contributed by atoms with Gasteiger partial charge in [-0.1, -0.05) is 30.0 Å². The van der Waals surface area contributed by atoms with Crippen LogP contribution in [-0.2, 0) is 16.1 Å². The lowest BCUT2D eigenvalue weighted by Gasteiger charge is -2.21. The molecule has 0 aliphatic carbocycles. The summed E-state index contributed by atoms with van der Waals surface area (Å²) in [5.41, 5.74) is 0.564. The molecule has 0 heterocycles. The molecule has 0 aliphatic heterocycles. The minimum Gasteiger partial charge on any atom is -0.489 e. The number of halogens is 1. The van der Waals surface area contributed by atoms with Crippen molar-refractivity contribution in [3.63, 3.8) is 0 Å². The third kappa shape index (κ3) is 7.96. The molecule has 2 aromatic rings. The van der Waals surface area contributed by atoms with Crippen LogP contribution < -0.4 is 10.1 Å². The summed E-state index contributed by atoms with van der Waals surface area (Å²) in [6, 6.07) is 12.7. The summed E-state index contributed by atoms with van der Waals surface area (Å²) in [4.78, 5) is 23.6. The van der Waals surface area contributed by atoms with E-state index in [0.717, 1.165) is 5.56 Å². The molecule has 6 heteroatoms. The molecular weight excluding hydrogens is 385 g/mol. The predicted molar refractivity (Wildman–Crippen MR) is 113 cm³/mol. The van der Waals surface area contributed by atoms with E-state index in [1.54, 1.807) is 63.2 Å². The fraction of sp³-hybridized carbons (Fsp3) is 0.333. The molecule has 0 fully saturated rings. The number of carbonyl (C=O) groups is 2. The number of Topliss-reactive ketones (excluding diaryl/α,β-unsaturated/α-hetero) is 1. The van der Waals surface area contributed by atoms with E-state index in [4.69, 9.17) is 9.47 Å². The molecule has 1 atom stereocenters. The van der Waals surface area contributed by atoms with Gasteiger partial charge in [-0.3, -0.25) is 4.79 Å². The van der Waals surface area contributed by atoms with Gasteiger partial charge in [0.05, 0.1) is 0 Å². The number of rotatable bonds is 6. The number of ether oxygens (including phenoxy) is 2. The zero-order chi connectivity index (χ0) is 22.1. The number of carbonyl (C=O) groups excluding carboxylic acids is 2. The Morgan fingerprint density at radius 2 is 1.77 bits per heavy atom. The molecular formula is C24H26FNO4. The summed E-state index contributed by atoms with van der Waals surface area (Å²) in [5.74, 6) is 5.94. The van der Waals surface area contributed by atoms with Crippen LogP contribution in [0.1, 0.15) is 45.2 Å². The summed E-state index contributed by atoms with van der Waals surface area (Å²) in [5, 5.41) is 2.54. The fourth-order valence-electron chi connectivity index (χ4n) is 2.41. The molecule has 5 nitrogen and oxygen atoms in total. The number of ketones is 1. The zero-order valence-electron chi connectivity index (χ0n) is 17.6. The monoisotopic (exact) mass is 411 g/mol. The predicted octanol–water partition coefficient (Wildman–Crippen LogP) is 4.63. The Hall–Kier alpha value is -3.33. The molecule has 1 N–H and O–H groups in total. The van der Waals surface area contributed by atoms with E-state index in [0.29, 0.717) is 11.3 Å². The molecule has 158 valence electrons. The topological polar surface area (TPSA) is 64.6 Å². The van der Waals surface area contributed by atoms with E-state index in [2.05, 4.69) is 17.2 Å².